The maximum absolute atomic E-state index is 12.0. The number of carbonyl (C=O) groups is 1. The summed E-state index contributed by atoms with van der Waals surface area (Å²) in [5.74, 6) is 0.0508. The van der Waals surface area contributed by atoms with E-state index in [0.29, 0.717) is 19.1 Å². The Morgan fingerprint density at radius 2 is 2.35 bits per heavy atom. The number of methoxy groups -OCH3 is 1. The zero-order valence-corrected chi connectivity index (χ0v) is 13.9. The highest BCUT2D eigenvalue weighted by Crippen LogP contribution is 2.26. The molecule has 1 unspecified atom stereocenters. The summed E-state index contributed by atoms with van der Waals surface area (Å²) < 4.78 is 6.12. The van der Waals surface area contributed by atoms with Crippen molar-refractivity contribution in [3.63, 3.8) is 0 Å². The topological polar surface area (TPSA) is 50.4 Å². The Bertz CT molecular complexity index is 451. The fraction of sp³-hybridized carbons (Fsp3) is 0.500. The fourth-order valence-electron chi connectivity index (χ4n) is 2.32. The summed E-state index contributed by atoms with van der Waals surface area (Å²) >= 11 is 3.48. The van der Waals surface area contributed by atoms with Gasteiger partial charge in [0.1, 0.15) is 0 Å². The molecule has 1 aliphatic rings. The average Bonchev–Trinajstić information content (AvgIpc) is 2.86. The molecule has 1 atom stereocenters. The van der Waals surface area contributed by atoms with Gasteiger partial charge in [-0.25, -0.2) is 0 Å². The first kappa shape index (κ1) is 17.4. The van der Waals surface area contributed by atoms with Gasteiger partial charge < -0.3 is 15.4 Å². The second-order valence-electron chi connectivity index (χ2n) is 4.74. The molecule has 1 aromatic carbocycles. The van der Waals surface area contributed by atoms with E-state index in [2.05, 4.69) is 26.6 Å². The van der Waals surface area contributed by atoms with Crippen LogP contribution in [-0.2, 0) is 16.1 Å². The molecular formula is C14H20BrClN2O2. The molecule has 1 aliphatic heterocycles. The quantitative estimate of drug-likeness (QED) is 0.845. The van der Waals surface area contributed by atoms with E-state index >= 15 is 0 Å². The Kier molecular flexibility index (Phi) is 7.51. The van der Waals surface area contributed by atoms with Crippen molar-refractivity contribution in [3.05, 3.63) is 28.2 Å². The van der Waals surface area contributed by atoms with E-state index in [1.54, 1.807) is 7.11 Å². The van der Waals surface area contributed by atoms with Crippen LogP contribution in [0.2, 0.25) is 0 Å². The van der Waals surface area contributed by atoms with Crippen LogP contribution in [0, 0.1) is 0 Å². The van der Waals surface area contributed by atoms with Gasteiger partial charge in [0.2, 0.25) is 5.91 Å². The van der Waals surface area contributed by atoms with Gasteiger partial charge in [0.15, 0.2) is 0 Å². The zero-order chi connectivity index (χ0) is 13.7. The molecule has 2 N–H and O–H groups in total. The van der Waals surface area contributed by atoms with E-state index in [4.69, 9.17) is 4.74 Å². The number of halogens is 2. The summed E-state index contributed by atoms with van der Waals surface area (Å²) in [5, 5.41) is 6.30. The molecule has 6 heteroatoms. The lowest BCUT2D eigenvalue weighted by Gasteiger charge is -2.14. The zero-order valence-electron chi connectivity index (χ0n) is 11.4. The number of ether oxygens (including phenoxy) is 1. The molecule has 0 aromatic heterocycles. The smallest absolute Gasteiger partial charge is 0.225 e. The Labute approximate surface area is 134 Å². The van der Waals surface area contributed by atoms with Crippen LogP contribution in [0.5, 0.6) is 0 Å². The maximum atomic E-state index is 12.0. The Hall–Kier alpha value is -0.620. The molecule has 0 spiro atoms. The molecule has 1 aromatic rings. The summed E-state index contributed by atoms with van der Waals surface area (Å²) in [6.07, 6.45) is 2.76. The van der Waals surface area contributed by atoms with E-state index in [0.717, 1.165) is 35.1 Å². The van der Waals surface area contributed by atoms with Crippen LogP contribution in [0.1, 0.15) is 24.8 Å². The predicted molar refractivity (Wildman–Crippen MR) is 86.4 cm³/mol. The number of rotatable bonds is 5. The third-order valence-corrected chi connectivity index (χ3v) is 4.02. The molecule has 2 rings (SSSR count). The molecule has 20 heavy (non-hydrogen) atoms. The molecule has 1 fully saturated rings. The van der Waals surface area contributed by atoms with E-state index in [9.17, 15) is 4.79 Å². The second kappa shape index (κ2) is 8.62. The van der Waals surface area contributed by atoms with Crippen molar-refractivity contribution in [1.82, 2.24) is 5.32 Å². The van der Waals surface area contributed by atoms with Gasteiger partial charge in [-0.1, -0.05) is 22.0 Å². The summed E-state index contributed by atoms with van der Waals surface area (Å²) in [5.41, 5.74) is 1.79. The number of nitrogens with one attached hydrogen (secondary N) is 2. The van der Waals surface area contributed by atoms with Crippen LogP contribution < -0.4 is 10.6 Å². The molecule has 112 valence electrons. The highest BCUT2D eigenvalue weighted by molar-refractivity contribution is 9.10. The van der Waals surface area contributed by atoms with Crippen LogP contribution in [0.25, 0.3) is 0 Å². The minimum Gasteiger partial charge on any atom is -0.380 e. The maximum Gasteiger partial charge on any atom is 0.225 e. The van der Waals surface area contributed by atoms with Crippen LogP contribution >= 0.6 is 28.3 Å². The molecule has 0 bridgehead atoms. The number of amides is 1. The monoisotopic (exact) mass is 362 g/mol. The molecule has 4 nitrogen and oxygen atoms in total. The van der Waals surface area contributed by atoms with Gasteiger partial charge >= 0.3 is 0 Å². The Balaban J connectivity index is 0.00000200. The van der Waals surface area contributed by atoms with Gasteiger partial charge in [-0.3, -0.25) is 4.79 Å². The SMILES string of the molecule is COCc1c(Br)cccc1NC(=O)CC1CCCN1.Cl. The summed E-state index contributed by atoms with van der Waals surface area (Å²) in [6.45, 7) is 1.49. The Morgan fingerprint density at radius 3 is 3.00 bits per heavy atom. The lowest BCUT2D eigenvalue weighted by molar-refractivity contribution is -0.116. The average molecular weight is 364 g/mol. The highest BCUT2D eigenvalue weighted by atomic mass is 79.9. The van der Waals surface area contributed by atoms with Crippen molar-refractivity contribution in [2.75, 3.05) is 19.0 Å². The minimum absolute atomic E-state index is 0. The number of benzene rings is 1. The number of hydrogen-bond donors (Lipinski definition) is 2. The Morgan fingerprint density at radius 1 is 1.55 bits per heavy atom. The van der Waals surface area contributed by atoms with Gasteiger partial charge in [-0.05, 0) is 31.5 Å². The van der Waals surface area contributed by atoms with Crippen LogP contribution in [0.3, 0.4) is 0 Å². The second-order valence-corrected chi connectivity index (χ2v) is 5.60. The largest absolute Gasteiger partial charge is 0.380 e. The molecule has 0 saturated carbocycles. The lowest BCUT2D eigenvalue weighted by Crippen LogP contribution is -2.27. The van der Waals surface area contributed by atoms with Crippen molar-refractivity contribution >= 4 is 39.9 Å². The van der Waals surface area contributed by atoms with Crippen molar-refractivity contribution in [3.8, 4) is 0 Å². The molecular weight excluding hydrogens is 344 g/mol. The van der Waals surface area contributed by atoms with Gasteiger partial charge in [0, 0.05) is 35.3 Å². The summed E-state index contributed by atoms with van der Waals surface area (Å²) in [4.78, 5) is 12.0. The molecule has 0 aliphatic carbocycles. The van der Waals surface area contributed by atoms with Gasteiger partial charge in [0.05, 0.1) is 6.61 Å². The summed E-state index contributed by atoms with van der Waals surface area (Å²) in [7, 11) is 1.65. The first-order valence-corrected chi connectivity index (χ1v) is 7.29. The fourth-order valence-corrected chi connectivity index (χ4v) is 2.80. The van der Waals surface area contributed by atoms with Crippen molar-refractivity contribution in [2.45, 2.75) is 31.9 Å². The predicted octanol–water partition coefficient (Wildman–Crippen LogP) is 3.10. The van der Waals surface area contributed by atoms with E-state index in [-0.39, 0.29) is 18.3 Å². The van der Waals surface area contributed by atoms with Crippen molar-refractivity contribution in [1.29, 1.82) is 0 Å². The van der Waals surface area contributed by atoms with E-state index in [1.165, 1.54) is 0 Å². The van der Waals surface area contributed by atoms with Crippen LogP contribution in [0.15, 0.2) is 22.7 Å². The van der Waals surface area contributed by atoms with Crippen molar-refractivity contribution in [2.24, 2.45) is 0 Å². The lowest BCUT2D eigenvalue weighted by atomic mass is 10.1. The van der Waals surface area contributed by atoms with Crippen molar-refractivity contribution < 1.29 is 9.53 Å². The number of hydrogen-bond acceptors (Lipinski definition) is 3. The van der Waals surface area contributed by atoms with E-state index < -0.39 is 0 Å². The van der Waals surface area contributed by atoms with Gasteiger partial charge in [-0.2, -0.15) is 0 Å². The van der Waals surface area contributed by atoms with E-state index in [1.807, 2.05) is 18.2 Å². The van der Waals surface area contributed by atoms with Gasteiger partial charge in [-0.15, -0.1) is 12.4 Å². The summed E-state index contributed by atoms with van der Waals surface area (Å²) in [6, 6.07) is 6.08. The molecule has 1 amide bonds. The van der Waals surface area contributed by atoms with Crippen LogP contribution in [-0.4, -0.2) is 25.6 Å². The van der Waals surface area contributed by atoms with Crippen LogP contribution in [0.4, 0.5) is 5.69 Å². The first-order chi connectivity index (χ1) is 9.20. The normalized spacial score (nSPS) is 17.6. The third kappa shape index (κ3) is 4.74. The molecule has 1 heterocycles. The minimum atomic E-state index is 0. The van der Waals surface area contributed by atoms with Gasteiger partial charge in [0.25, 0.3) is 0 Å². The third-order valence-electron chi connectivity index (χ3n) is 3.28. The number of carbonyl (C=O) groups excluding carboxylic acids is 1. The standard InChI is InChI=1S/C14H19BrN2O2.ClH/c1-19-9-11-12(15)5-2-6-13(11)17-14(18)8-10-4-3-7-16-10;/h2,5-6,10,16H,3-4,7-9H2,1H3,(H,17,18);1H. The highest BCUT2D eigenvalue weighted by Gasteiger charge is 2.18. The first-order valence-electron chi connectivity index (χ1n) is 6.50. The number of anilines is 1. The molecule has 1 saturated heterocycles. The molecule has 0 radical (unpaired) electrons.